The van der Waals surface area contributed by atoms with E-state index < -0.39 is 0 Å². The summed E-state index contributed by atoms with van der Waals surface area (Å²) in [7, 11) is 0. The van der Waals surface area contributed by atoms with E-state index in [9.17, 15) is 5.21 Å². The van der Waals surface area contributed by atoms with Gasteiger partial charge in [-0.3, -0.25) is 0 Å². The lowest BCUT2D eigenvalue weighted by atomic mass is 9.85. The second-order valence-corrected chi connectivity index (χ2v) is 6.51. The van der Waals surface area contributed by atoms with E-state index in [1.165, 1.54) is 16.7 Å². The van der Waals surface area contributed by atoms with Crippen LogP contribution in [0.15, 0.2) is 36.4 Å². The van der Waals surface area contributed by atoms with Crippen LogP contribution >= 0.6 is 0 Å². The van der Waals surface area contributed by atoms with Gasteiger partial charge in [-0.15, -0.1) is 4.94 Å². The van der Waals surface area contributed by atoms with Crippen LogP contribution in [0.4, 0.5) is 0 Å². The van der Waals surface area contributed by atoms with Crippen molar-refractivity contribution >= 4 is 5.71 Å². The van der Waals surface area contributed by atoms with Gasteiger partial charge in [-0.1, -0.05) is 47.0 Å². The Bertz CT molecular complexity index is 803. The summed E-state index contributed by atoms with van der Waals surface area (Å²) < 4.78 is 0. The second-order valence-electron chi connectivity index (χ2n) is 6.51. The van der Waals surface area contributed by atoms with Crippen LogP contribution in [0.2, 0.25) is 0 Å². The minimum Gasteiger partial charge on any atom is -0.243 e. The van der Waals surface area contributed by atoms with Crippen LogP contribution in [0.5, 0.6) is 0 Å². The molecule has 0 aromatic heterocycles. The Morgan fingerprint density at radius 3 is 2.57 bits per heavy atom. The number of rotatable bonds is 1. The fraction of sp³-hybridized carbons (Fsp3) is 0.316. The molecule has 23 heavy (non-hydrogen) atoms. The quantitative estimate of drug-likeness (QED) is 0.821. The summed E-state index contributed by atoms with van der Waals surface area (Å²) in [5.74, 6) is 0. The van der Waals surface area contributed by atoms with Crippen LogP contribution in [0.3, 0.4) is 0 Å². The van der Waals surface area contributed by atoms with Crippen molar-refractivity contribution in [2.75, 3.05) is 6.54 Å². The first-order valence-corrected chi connectivity index (χ1v) is 8.03. The van der Waals surface area contributed by atoms with Gasteiger partial charge in [-0.25, -0.2) is 5.21 Å². The third-order valence-corrected chi connectivity index (χ3v) is 4.82. The zero-order chi connectivity index (χ0) is 16.1. The molecule has 0 spiro atoms. The van der Waals surface area contributed by atoms with Gasteiger partial charge < -0.3 is 0 Å². The zero-order valence-electron chi connectivity index (χ0n) is 13.7. The maximum Gasteiger partial charge on any atom is 0.323 e. The lowest BCUT2D eigenvalue weighted by Gasteiger charge is -2.25. The summed E-state index contributed by atoms with van der Waals surface area (Å²) in [4.78, 5) is 6.57. The molecular weight excluding hydrogens is 288 g/mol. The Morgan fingerprint density at radius 2 is 1.83 bits per heavy atom. The first-order valence-electron chi connectivity index (χ1n) is 8.03. The molecule has 0 bridgehead atoms. The molecule has 0 amide bonds. The Morgan fingerprint density at radius 1 is 1.13 bits per heavy atom. The lowest BCUT2D eigenvalue weighted by Crippen LogP contribution is -2.34. The van der Waals surface area contributed by atoms with E-state index in [1.807, 2.05) is 5.06 Å². The molecule has 0 fully saturated rings. The molecule has 4 rings (SSSR count). The van der Waals surface area contributed by atoms with Crippen LogP contribution < -0.4 is 0 Å². The van der Waals surface area contributed by atoms with E-state index in [4.69, 9.17) is 4.94 Å². The molecule has 1 unspecified atom stereocenters. The highest BCUT2D eigenvalue weighted by molar-refractivity contribution is 6.04. The predicted molar refractivity (Wildman–Crippen MR) is 87.5 cm³/mol. The number of hydroxylamine groups is 2. The first-order chi connectivity index (χ1) is 11.1. The van der Waals surface area contributed by atoms with Crippen molar-refractivity contribution in [1.82, 2.24) is 5.06 Å². The van der Waals surface area contributed by atoms with Crippen molar-refractivity contribution in [2.24, 2.45) is 0 Å². The molecule has 1 atom stereocenters. The number of hydrogen-bond donors (Lipinski definition) is 1. The maximum atomic E-state index is 10.4. The van der Waals surface area contributed by atoms with E-state index >= 15 is 0 Å². The van der Waals surface area contributed by atoms with E-state index in [0.29, 0.717) is 0 Å². The summed E-state index contributed by atoms with van der Waals surface area (Å²) in [6, 6.07) is 12.7. The number of fused-ring (bicyclic) bond motifs is 3. The Kier molecular flexibility index (Phi) is 3.16. The number of nitrogens with zero attached hydrogens (tertiary/aromatic N) is 2. The second kappa shape index (κ2) is 5.10. The highest BCUT2D eigenvalue weighted by Gasteiger charge is 2.49. The van der Waals surface area contributed by atoms with Crippen molar-refractivity contribution < 1.29 is 15.0 Å². The molecule has 4 heteroatoms. The molecule has 0 saturated heterocycles. The van der Waals surface area contributed by atoms with E-state index in [1.54, 1.807) is 0 Å². The summed E-state index contributed by atoms with van der Waals surface area (Å²) in [5, 5.41) is 12.3. The summed E-state index contributed by atoms with van der Waals surface area (Å²) in [6.45, 7) is 7.05. The average molecular weight is 309 g/mol. The monoisotopic (exact) mass is 309 g/mol. The van der Waals surface area contributed by atoms with Crippen LogP contribution in [0.25, 0.3) is 0 Å². The summed E-state index contributed by atoms with van der Waals surface area (Å²) >= 11 is 0. The van der Waals surface area contributed by atoms with E-state index in [-0.39, 0.29) is 6.04 Å². The van der Waals surface area contributed by atoms with Gasteiger partial charge in [0.25, 0.3) is 0 Å². The SMILES string of the molecule is Cc1cc(C)c(C2=[N+](O)ON3CCc4ccccc4C23)c(C)c1. The van der Waals surface area contributed by atoms with Crippen LogP contribution in [0.1, 0.15) is 39.4 Å². The number of aryl methyl sites for hydroxylation is 3. The van der Waals surface area contributed by atoms with Gasteiger partial charge in [0, 0.05) is 6.54 Å². The van der Waals surface area contributed by atoms with Gasteiger partial charge in [0.05, 0.1) is 5.56 Å². The highest BCUT2D eigenvalue weighted by atomic mass is 17.0. The molecule has 2 aliphatic rings. The van der Waals surface area contributed by atoms with Crippen LogP contribution in [-0.2, 0) is 11.4 Å². The molecule has 2 aromatic rings. The average Bonchev–Trinajstić information content (AvgIpc) is 2.83. The normalized spacial score (nSPS) is 20.2. The molecule has 0 saturated carbocycles. The Balaban J connectivity index is 1.92. The van der Waals surface area contributed by atoms with Gasteiger partial charge in [0.2, 0.25) is 4.90 Å². The smallest absolute Gasteiger partial charge is 0.243 e. The Hall–Kier alpha value is -2.33. The Labute approximate surface area is 136 Å². The van der Waals surface area contributed by atoms with Gasteiger partial charge >= 0.3 is 5.71 Å². The molecule has 0 radical (unpaired) electrons. The minimum absolute atomic E-state index is 0.0648. The fourth-order valence-corrected chi connectivity index (χ4v) is 3.98. The first kappa shape index (κ1) is 14.3. The van der Waals surface area contributed by atoms with Gasteiger partial charge in [-0.2, -0.15) is 0 Å². The molecule has 0 aliphatic carbocycles. The van der Waals surface area contributed by atoms with Gasteiger partial charge in [-0.05, 0) is 49.4 Å². The summed E-state index contributed by atoms with van der Waals surface area (Å²) in [6.07, 6.45) is 0.930. The molecule has 118 valence electrons. The lowest BCUT2D eigenvalue weighted by molar-refractivity contribution is -0.982. The van der Waals surface area contributed by atoms with Crippen molar-refractivity contribution in [2.45, 2.75) is 33.2 Å². The molecular formula is C19H21N2O2+. The predicted octanol–water partition coefficient (Wildman–Crippen LogP) is 3.26. The van der Waals surface area contributed by atoms with Gasteiger partial charge in [0.1, 0.15) is 0 Å². The van der Waals surface area contributed by atoms with Crippen molar-refractivity contribution in [3.8, 4) is 0 Å². The maximum absolute atomic E-state index is 10.4. The van der Waals surface area contributed by atoms with Crippen LogP contribution in [0, 0.1) is 20.8 Å². The largest absolute Gasteiger partial charge is 0.323 e. The zero-order valence-corrected chi connectivity index (χ0v) is 13.7. The summed E-state index contributed by atoms with van der Waals surface area (Å²) in [5.41, 5.74) is 7.97. The topological polar surface area (TPSA) is 35.7 Å². The molecule has 2 aromatic carbocycles. The molecule has 1 N–H and O–H groups in total. The standard InChI is InChI=1S/C19H21N2O2/c1-12-10-13(2)17(14(3)11-12)19-18-16-7-5-4-6-15(16)8-9-20(18)23-21(19)22/h4-7,10-11,18,22H,8-9H2,1-3H3/q+1. The highest BCUT2D eigenvalue weighted by Crippen LogP contribution is 2.37. The van der Waals surface area contributed by atoms with Crippen molar-refractivity contribution in [3.63, 3.8) is 0 Å². The number of hydrogen-bond acceptors (Lipinski definition) is 3. The van der Waals surface area contributed by atoms with Crippen molar-refractivity contribution in [3.05, 3.63) is 69.8 Å². The molecule has 2 heterocycles. The minimum atomic E-state index is -0.0648. The van der Waals surface area contributed by atoms with E-state index in [2.05, 4.69) is 57.2 Å². The van der Waals surface area contributed by atoms with Crippen LogP contribution in [-0.4, -0.2) is 27.4 Å². The molecule has 4 nitrogen and oxygen atoms in total. The van der Waals surface area contributed by atoms with Gasteiger partial charge in [0.15, 0.2) is 6.04 Å². The van der Waals surface area contributed by atoms with E-state index in [0.717, 1.165) is 40.3 Å². The third kappa shape index (κ3) is 2.13. The number of benzene rings is 2. The van der Waals surface area contributed by atoms with Crippen molar-refractivity contribution in [1.29, 1.82) is 0 Å². The molecule has 2 aliphatic heterocycles. The fourth-order valence-electron chi connectivity index (χ4n) is 3.98. The third-order valence-electron chi connectivity index (χ3n) is 4.82.